The van der Waals surface area contributed by atoms with Gasteiger partial charge < -0.3 is 23.7 Å². The van der Waals surface area contributed by atoms with Crippen molar-refractivity contribution in [3.63, 3.8) is 0 Å². The predicted octanol–water partition coefficient (Wildman–Crippen LogP) is 2.45. The molecule has 1 unspecified atom stereocenters. The summed E-state index contributed by atoms with van der Waals surface area (Å²) in [5.74, 6) is 0.725. The Bertz CT molecular complexity index is 441. The third-order valence-electron chi connectivity index (χ3n) is 3.55. The van der Waals surface area contributed by atoms with Crippen molar-refractivity contribution >= 4 is 6.29 Å². The number of hydrogen-bond acceptors (Lipinski definition) is 6. The molecule has 0 spiro atoms. The topological polar surface area (TPSA) is 63.2 Å². The molecule has 0 amide bonds. The third-order valence-corrected chi connectivity index (χ3v) is 3.55. The van der Waals surface area contributed by atoms with Gasteiger partial charge in [-0.25, -0.2) is 0 Å². The van der Waals surface area contributed by atoms with E-state index in [2.05, 4.69) is 0 Å². The molecule has 1 aromatic rings. The van der Waals surface area contributed by atoms with Gasteiger partial charge in [-0.05, 0) is 43.5 Å². The molecule has 1 aliphatic heterocycles. The van der Waals surface area contributed by atoms with Gasteiger partial charge in [-0.1, -0.05) is 0 Å². The SMILES string of the molecule is O=Cc1ccc(OCCOCCOCCOC2CCCCO2)cc1. The van der Waals surface area contributed by atoms with E-state index in [-0.39, 0.29) is 6.29 Å². The summed E-state index contributed by atoms with van der Waals surface area (Å²) >= 11 is 0. The Balaban J connectivity index is 1.36. The lowest BCUT2D eigenvalue weighted by Crippen LogP contribution is -2.24. The summed E-state index contributed by atoms with van der Waals surface area (Å²) in [6.45, 7) is 3.89. The first-order valence-corrected chi connectivity index (χ1v) is 8.45. The van der Waals surface area contributed by atoms with Gasteiger partial charge in [0.15, 0.2) is 6.29 Å². The van der Waals surface area contributed by atoms with Crippen LogP contribution in [0.4, 0.5) is 0 Å². The minimum absolute atomic E-state index is 0.0589. The van der Waals surface area contributed by atoms with Crippen molar-refractivity contribution in [1.29, 1.82) is 0 Å². The first-order chi connectivity index (χ1) is 11.9. The third kappa shape index (κ3) is 7.88. The Morgan fingerprint density at radius 3 is 2.33 bits per heavy atom. The molecule has 24 heavy (non-hydrogen) atoms. The van der Waals surface area contributed by atoms with Crippen LogP contribution in [0, 0.1) is 0 Å². The van der Waals surface area contributed by atoms with Gasteiger partial charge in [0.05, 0.1) is 33.0 Å². The summed E-state index contributed by atoms with van der Waals surface area (Å²) in [6.07, 6.45) is 4.02. The lowest BCUT2D eigenvalue weighted by atomic mass is 10.2. The Labute approximate surface area is 143 Å². The van der Waals surface area contributed by atoms with Gasteiger partial charge in [-0.15, -0.1) is 0 Å². The molecule has 0 saturated carbocycles. The first-order valence-electron chi connectivity index (χ1n) is 8.45. The van der Waals surface area contributed by atoms with Crippen molar-refractivity contribution in [2.24, 2.45) is 0 Å². The van der Waals surface area contributed by atoms with E-state index in [4.69, 9.17) is 23.7 Å². The van der Waals surface area contributed by atoms with E-state index in [9.17, 15) is 4.79 Å². The molecule has 0 bridgehead atoms. The number of carbonyl (C=O) groups excluding carboxylic acids is 1. The highest BCUT2D eigenvalue weighted by Crippen LogP contribution is 2.13. The van der Waals surface area contributed by atoms with Crippen LogP contribution < -0.4 is 4.74 Å². The van der Waals surface area contributed by atoms with Crippen LogP contribution in [0.3, 0.4) is 0 Å². The summed E-state index contributed by atoms with van der Waals surface area (Å²) in [7, 11) is 0. The molecule has 1 atom stereocenters. The van der Waals surface area contributed by atoms with Gasteiger partial charge in [0.2, 0.25) is 0 Å². The molecular formula is C18H26O6. The Morgan fingerprint density at radius 2 is 1.67 bits per heavy atom. The van der Waals surface area contributed by atoms with Gasteiger partial charge in [-0.3, -0.25) is 4.79 Å². The molecule has 6 heteroatoms. The fraction of sp³-hybridized carbons (Fsp3) is 0.611. The van der Waals surface area contributed by atoms with Crippen molar-refractivity contribution in [3.8, 4) is 5.75 Å². The number of benzene rings is 1. The fourth-order valence-corrected chi connectivity index (χ4v) is 2.26. The standard InChI is InChI=1S/C18H26O6/c19-15-16-4-6-17(7-5-16)22-13-11-20-9-10-21-12-14-24-18-3-1-2-8-23-18/h4-7,15,18H,1-3,8-14H2. The molecule has 0 aromatic heterocycles. The number of rotatable bonds is 12. The minimum atomic E-state index is -0.0589. The molecule has 1 heterocycles. The highest BCUT2D eigenvalue weighted by Gasteiger charge is 2.13. The maximum absolute atomic E-state index is 10.5. The molecule has 6 nitrogen and oxygen atoms in total. The average molecular weight is 338 g/mol. The van der Waals surface area contributed by atoms with E-state index < -0.39 is 0 Å². The number of carbonyl (C=O) groups is 1. The summed E-state index contributed by atoms with van der Waals surface area (Å²) in [4.78, 5) is 10.5. The molecule has 1 fully saturated rings. The van der Waals surface area contributed by atoms with Crippen LogP contribution >= 0.6 is 0 Å². The van der Waals surface area contributed by atoms with Gasteiger partial charge in [0.25, 0.3) is 0 Å². The van der Waals surface area contributed by atoms with Gasteiger partial charge in [0.1, 0.15) is 18.6 Å². The van der Waals surface area contributed by atoms with Crippen LogP contribution in [0.1, 0.15) is 29.6 Å². The molecule has 1 aliphatic rings. The normalized spacial score (nSPS) is 17.6. The van der Waals surface area contributed by atoms with E-state index in [1.165, 1.54) is 6.42 Å². The maximum Gasteiger partial charge on any atom is 0.157 e. The van der Waals surface area contributed by atoms with E-state index in [1.807, 2.05) is 0 Å². The van der Waals surface area contributed by atoms with E-state index in [0.717, 1.165) is 31.5 Å². The summed E-state index contributed by atoms with van der Waals surface area (Å²) in [5.41, 5.74) is 0.634. The van der Waals surface area contributed by atoms with Gasteiger partial charge >= 0.3 is 0 Å². The van der Waals surface area contributed by atoms with Crippen molar-refractivity contribution < 1.29 is 28.5 Å². The maximum atomic E-state index is 10.5. The van der Waals surface area contributed by atoms with Crippen molar-refractivity contribution in [1.82, 2.24) is 0 Å². The lowest BCUT2D eigenvalue weighted by molar-refractivity contribution is -0.169. The molecule has 1 aromatic carbocycles. The zero-order valence-electron chi connectivity index (χ0n) is 14.0. The molecule has 0 aliphatic carbocycles. The number of ether oxygens (including phenoxy) is 5. The van der Waals surface area contributed by atoms with Crippen LogP contribution in [-0.4, -0.2) is 58.8 Å². The second-order valence-electron chi connectivity index (χ2n) is 5.43. The molecule has 2 rings (SSSR count). The van der Waals surface area contributed by atoms with Crippen molar-refractivity contribution in [3.05, 3.63) is 29.8 Å². The van der Waals surface area contributed by atoms with Crippen LogP contribution in [0.2, 0.25) is 0 Å². The van der Waals surface area contributed by atoms with E-state index in [1.54, 1.807) is 24.3 Å². The molecular weight excluding hydrogens is 312 g/mol. The van der Waals surface area contributed by atoms with Gasteiger partial charge in [-0.2, -0.15) is 0 Å². The van der Waals surface area contributed by atoms with E-state index in [0.29, 0.717) is 45.2 Å². The Hall–Kier alpha value is -1.47. The van der Waals surface area contributed by atoms with Crippen LogP contribution in [-0.2, 0) is 18.9 Å². The average Bonchev–Trinajstić information content (AvgIpc) is 2.64. The summed E-state index contributed by atoms with van der Waals surface area (Å²) in [5, 5.41) is 0. The van der Waals surface area contributed by atoms with Crippen LogP contribution in [0.5, 0.6) is 5.75 Å². The highest BCUT2D eigenvalue weighted by molar-refractivity contribution is 5.74. The molecule has 134 valence electrons. The largest absolute Gasteiger partial charge is 0.491 e. The smallest absolute Gasteiger partial charge is 0.157 e. The Kier molecular flexibility index (Phi) is 9.41. The molecule has 0 N–H and O–H groups in total. The molecule has 0 radical (unpaired) electrons. The predicted molar refractivity (Wildman–Crippen MR) is 88.5 cm³/mol. The van der Waals surface area contributed by atoms with Crippen LogP contribution in [0.25, 0.3) is 0 Å². The van der Waals surface area contributed by atoms with Crippen molar-refractivity contribution in [2.45, 2.75) is 25.6 Å². The quantitative estimate of drug-likeness (QED) is 0.431. The van der Waals surface area contributed by atoms with E-state index >= 15 is 0 Å². The highest BCUT2D eigenvalue weighted by atomic mass is 16.7. The second kappa shape index (κ2) is 12.0. The van der Waals surface area contributed by atoms with Gasteiger partial charge in [0, 0.05) is 12.2 Å². The van der Waals surface area contributed by atoms with Crippen molar-refractivity contribution in [2.75, 3.05) is 46.2 Å². The molecule has 1 saturated heterocycles. The zero-order valence-corrected chi connectivity index (χ0v) is 14.0. The second-order valence-corrected chi connectivity index (χ2v) is 5.43. The Morgan fingerprint density at radius 1 is 0.958 bits per heavy atom. The monoisotopic (exact) mass is 338 g/mol. The summed E-state index contributed by atoms with van der Waals surface area (Å²) < 4.78 is 27.4. The lowest BCUT2D eigenvalue weighted by Gasteiger charge is -2.22. The number of hydrogen-bond donors (Lipinski definition) is 0. The fourth-order valence-electron chi connectivity index (χ4n) is 2.26. The van der Waals surface area contributed by atoms with Crippen LogP contribution in [0.15, 0.2) is 24.3 Å². The first kappa shape index (κ1) is 18.9. The number of aldehydes is 1. The summed E-state index contributed by atoms with van der Waals surface area (Å²) in [6, 6.07) is 6.97. The minimum Gasteiger partial charge on any atom is -0.491 e. The zero-order chi connectivity index (χ0) is 16.9.